The Labute approximate surface area is 210 Å². The largest absolute Gasteiger partial charge is 0.443 e. The lowest BCUT2D eigenvalue weighted by atomic mass is 9.49. The molecule has 0 radical (unpaired) electrons. The molecule has 0 unspecified atom stereocenters. The number of piperidine rings is 1. The molecule has 6 atom stereocenters. The number of hydrogen-bond acceptors (Lipinski definition) is 5. The van der Waals surface area contributed by atoms with Crippen molar-refractivity contribution in [2.24, 2.45) is 34.5 Å². The van der Waals surface area contributed by atoms with Crippen LogP contribution in [0, 0.1) is 34.5 Å². The minimum absolute atomic E-state index is 0.0369. The van der Waals surface area contributed by atoms with Crippen LogP contribution in [0.2, 0.25) is 0 Å². The van der Waals surface area contributed by atoms with Crippen LogP contribution in [0.15, 0.2) is 11.8 Å². The second kappa shape index (κ2) is 8.60. The summed E-state index contributed by atoms with van der Waals surface area (Å²) in [7, 11) is 0. The molecule has 0 aromatic heterocycles. The second-order valence-electron chi connectivity index (χ2n) is 13.1. The third-order valence-corrected chi connectivity index (χ3v) is 10.1. The van der Waals surface area contributed by atoms with Crippen molar-refractivity contribution in [1.29, 1.82) is 0 Å². The molecule has 0 aromatic carbocycles. The Balaban J connectivity index is 1.46. The molecular weight excluding hydrogens is 442 g/mol. The zero-order valence-electron chi connectivity index (χ0n) is 22.2. The number of amides is 2. The molecular formula is C28H43N3O4. The van der Waals surface area contributed by atoms with Crippen molar-refractivity contribution in [3.8, 4) is 0 Å². The van der Waals surface area contributed by atoms with E-state index in [4.69, 9.17) is 4.74 Å². The predicted molar refractivity (Wildman–Crippen MR) is 133 cm³/mol. The first-order valence-electron chi connectivity index (χ1n) is 13.7. The maximum Gasteiger partial charge on any atom is 0.414 e. The summed E-state index contributed by atoms with van der Waals surface area (Å²) in [5, 5.41) is 3.36. The summed E-state index contributed by atoms with van der Waals surface area (Å²) in [5.74, 6) is 1.65. The van der Waals surface area contributed by atoms with Crippen LogP contribution in [0.5, 0.6) is 0 Å². The van der Waals surface area contributed by atoms with Crippen molar-refractivity contribution in [1.82, 2.24) is 15.1 Å². The summed E-state index contributed by atoms with van der Waals surface area (Å²) < 4.78 is 5.83. The van der Waals surface area contributed by atoms with E-state index in [9.17, 15) is 14.4 Å². The van der Waals surface area contributed by atoms with Gasteiger partial charge in [-0.1, -0.05) is 13.8 Å². The normalized spacial score (nSPS) is 39.3. The molecule has 0 bridgehead atoms. The molecule has 2 amide bonds. The van der Waals surface area contributed by atoms with Crippen molar-refractivity contribution in [3.05, 3.63) is 11.8 Å². The molecule has 5 aliphatic rings. The first-order valence-corrected chi connectivity index (χ1v) is 13.7. The van der Waals surface area contributed by atoms with Crippen LogP contribution in [0.1, 0.15) is 73.1 Å². The molecule has 7 heteroatoms. The molecule has 4 fully saturated rings. The molecule has 5 rings (SSSR count). The van der Waals surface area contributed by atoms with Gasteiger partial charge in [0, 0.05) is 62.3 Å². The van der Waals surface area contributed by atoms with E-state index in [0.717, 1.165) is 64.0 Å². The third kappa shape index (κ3) is 4.11. The lowest BCUT2D eigenvalue weighted by Gasteiger charge is -2.60. The lowest BCUT2D eigenvalue weighted by molar-refractivity contribution is -0.144. The molecule has 2 aliphatic heterocycles. The van der Waals surface area contributed by atoms with E-state index in [0.29, 0.717) is 36.6 Å². The molecule has 2 heterocycles. The Kier molecular flexibility index (Phi) is 6.09. The van der Waals surface area contributed by atoms with Crippen molar-refractivity contribution in [2.75, 3.05) is 32.7 Å². The Morgan fingerprint density at radius 3 is 2.46 bits per heavy atom. The van der Waals surface area contributed by atoms with E-state index in [1.807, 2.05) is 20.8 Å². The lowest BCUT2D eigenvalue weighted by Crippen LogP contribution is -2.60. The zero-order valence-corrected chi connectivity index (χ0v) is 22.2. The highest BCUT2D eigenvalue weighted by Gasteiger charge is 2.62. The number of nitrogens with one attached hydrogen (secondary N) is 1. The topological polar surface area (TPSA) is 79.0 Å². The smallest absolute Gasteiger partial charge is 0.414 e. The summed E-state index contributed by atoms with van der Waals surface area (Å²) in [6.07, 6.45) is 6.78. The van der Waals surface area contributed by atoms with Crippen molar-refractivity contribution >= 4 is 17.8 Å². The molecule has 0 aromatic rings. The van der Waals surface area contributed by atoms with Crippen LogP contribution in [0.3, 0.4) is 0 Å². The van der Waals surface area contributed by atoms with E-state index >= 15 is 0 Å². The Morgan fingerprint density at radius 2 is 1.77 bits per heavy atom. The second-order valence-corrected chi connectivity index (χ2v) is 13.1. The Bertz CT molecular complexity index is 933. The van der Waals surface area contributed by atoms with Gasteiger partial charge in [0.15, 0.2) is 5.78 Å². The van der Waals surface area contributed by atoms with E-state index in [1.165, 1.54) is 0 Å². The summed E-state index contributed by atoms with van der Waals surface area (Å²) in [6, 6.07) is 0. The van der Waals surface area contributed by atoms with Gasteiger partial charge < -0.3 is 15.0 Å². The van der Waals surface area contributed by atoms with Gasteiger partial charge in [0.25, 0.3) is 0 Å². The van der Waals surface area contributed by atoms with Crippen LogP contribution in [0.25, 0.3) is 0 Å². The summed E-state index contributed by atoms with van der Waals surface area (Å²) >= 11 is 0. The van der Waals surface area contributed by atoms with Gasteiger partial charge in [-0.15, -0.1) is 0 Å². The number of likely N-dealkylation sites (tertiary alicyclic amines) is 1. The van der Waals surface area contributed by atoms with Crippen molar-refractivity contribution in [2.45, 2.75) is 78.7 Å². The molecule has 0 spiro atoms. The van der Waals surface area contributed by atoms with Crippen LogP contribution >= 0.6 is 0 Å². The van der Waals surface area contributed by atoms with Crippen LogP contribution in [-0.2, 0) is 14.3 Å². The van der Waals surface area contributed by atoms with Gasteiger partial charge >= 0.3 is 6.09 Å². The molecule has 35 heavy (non-hydrogen) atoms. The number of allylic oxidation sites excluding steroid dienone is 2. The fourth-order valence-electron chi connectivity index (χ4n) is 8.31. The van der Waals surface area contributed by atoms with Gasteiger partial charge in [0.1, 0.15) is 5.60 Å². The first-order chi connectivity index (χ1) is 16.4. The van der Waals surface area contributed by atoms with Gasteiger partial charge in [0.2, 0.25) is 5.91 Å². The minimum Gasteiger partial charge on any atom is -0.443 e. The predicted octanol–water partition coefficient (Wildman–Crippen LogP) is 3.98. The highest BCUT2D eigenvalue weighted by Crippen LogP contribution is 2.65. The summed E-state index contributed by atoms with van der Waals surface area (Å²) in [6.45, 7) is 14.2. The highest BCUT2D eigenvalue weighted by molar-refractivity contribution is 5.92. The highest BCUT2D eigenvalue weighted by atomic mass is 16.6. The van der Waals surface area contributed by atoms with E-state index in [1.54, 1.807) is 11.0 Å². The van der Waals surface area contributed by atoms with E-state index < -0.39 is 5.60 Å². The summed E-state index contributed by atoms with van der Waals surface area (Å²) in [5.41, 5.74) is 0.0125. The van der Waals surface area contributed by atoms with Crippen LogP contribution in [0.4, 0.5) is 4.79 Å². The van der Waals surface area contributed by atoms with Crippen molar-refractivity contribution < 1.29 is 19.1 Å². The molecule has 1 N–H and O–H groups in total. The number of carbonyl (C=O) groups is 3. The van der Waals surface area contributed by atoms with E-state index in [-0.39, 0.29) is 28.6 Å². The quantitative estimate of drug-likeness (QED) is 0.608. The van der Waals surface area contributed by atoms with Gasteiger partial charge in [0.05, 0.1) is 0 Å². The van der Waals surface area contributed by atoms with Gasteiger partial charge in [-0.25, -0.2) is 4.79 Å². The van der Waals surface area contributed by atoms with Crippen molar-refractivity contribution in [3.63, 3.8) is 0 Å². The number of fused-ring (bicyclic) bond motifs is 5. The molecule has 7 nitrogen and oxygen atoms in total. The maximum atomic E-state index is 13.6. The fourth-order valence-corrected chi connectivity index (χ4v) is 8.31. The maximum absolute atomic E-state index is 13.6. The van der Waals surface area contributed by atoms with Gasteiger partial charge in [-0.3, -0.25) is 14.5 Å². The number of ether oxygens (including phenoxy) is 1. The van der Waals surface area contributed by atoms with E-state index in [2.05, 4.69) is 24.1 Å². The molecule has 3 aliphatic carbocycles. The third-order valence-electron chi connectivity index (χ3n) is 10.1. The Morgan fingerprint density at radius 1 is 1.06 bits per heavy atom. The number of carbonyl (C=O) groups excluding carboxylic acids is 3. The Hall–Kier alpha value is -1.89. The number of ketones is 1. The van der Waals surface area contributed by atoms with Gasteiger partial charge in [-0.2, -0.15) is 0 Å². The average molecular weight is 486 g/mol. The number of hydrogen-bond donors (Lipinski definition) is 1. The zero-order chi connectivity index (χ0) is 25.2. The molecule has 2 saturated carbocycles. The monoisotopic (exact) mass is 485 g/mol. The molecule has 2 saturated heterocycles. The standard InChI is InChI=1S/C28H43N3O4/c1-26(2,3)35-25(34)31-17-19-20-6-7-22(24(33)30-14-12-29-13-15-30)27(20,4)11-9-21(19)28(5)10-8-18(32)16-23(28)31/h16,19-22,29H,6-15,17H2,1-5H3/t19-,20-,21-,22+,27-,28+/m0/s1. The van der Waals surface area contributed by atoms with Gasteiger partial charge in [-0.05, 0) is 76.0 Å². The molecule has 194 valence electrons. The number of piperazine rings is 1. The van der Waals surface area contributed by atoms with Crippen LogP contribution in [-0.4, -0.2) is 65.9 Å². The minimum atomic E-state index is -0.598. The first kappa shape index (κ1) is 24.8. The summed E-state index contributed by atoms with van der Waals surface area (Å²) in [4.78, 5) is 43.4. The van der Waals surface area contributed by atoms with Crippen LogP contribution < -0.4 is 5.32 Å². The fraction of sp³-hybridized carbons (Fsp3) is 0.821. The number of nitrogens with zero attached hydrogens (tertiary/aromatic N) is 2. The number of rotatable bonds is 1. The SMILES string of the molecule is CC(C)(C)OC(=O)N1C[C@H]2[C@@H]3CC[C@H](C(=O)N4CCNCC4)[C@@]3(C)CC[C@@H]2[C@@]2(C)CCC(=O)C=C12. The average Bonchev–Trinajstić information content (AvgIpc) is 3.15.